The molecule has 22 heavy (non-hydrogen) atoms. The fourth-order valence-corrected chi connectivity index (χ4v) is 3.16. The second-order valence-corrected chi connectivity index (χ2v) is 6.39. The Balaban J connectivity index is 1.89. The van der Waals surface area contributed by atoms with E-state index in [0.29, 0.717) is 25.3 Å². The minimum Gasteiger partial charge on any atom is -0.382 e. The standard InChI is InChI=1S/C17H22N2O3/c1-17(2)11-19(9-13(22-17)10-21-3)16(20)14-6-4-5-12-7-8-18-15(12)14/h4-8,13,18H,9-11H2,1-3H3. The summed E-state index contributed by atoms with van der Waals surface area (Å²) in [5, 5.41) is 1.05. The molecule has 1 saturated heterocycles. The van der Waals surface area contributed by atoms with Gasteiger partial charge < -0.3 is 19.4 Å². The highest BCUT2D eigenvalue weighted by Gasteiger charge is 2.36. The normalized spacial score (nSPS) is 21.2. The molecule has 0 aliphatic carbocycles. The fraction of sp³-hybridized carbons (Fsp3) is 0.471. The molecule has 0 saturated carbocycles. The van der Waals surface area contributed by atoms with E-state index in [4.69, 9.17) is 9.47 Å². The molecule has 0 spiro atoms. The van der Waals surface area contributed by atoms with Crippen LogP contribution in [0.4, 0.5) is 0 Å². The van der Waals surface area contributed by atoms with Gasteiger partial charge in [-0.2, -0.15) is 0 Å². The Morgan fingerprint density at radius 2 is 2.27 bits per heavy atom. The van der Waals surface area contributed by atoms with E-state index in [2.05, 4.69) is 4.98 Å². The molecule has 1 atom stereocenters. The SMILES string of the molecule is COCC1CN(C(=O)c2cccc3cc[nH]c23)CC(C)(C)O1. The quantitative estimate of drug-likeness (QED) is 0.947. The molecule has 1 aromatic heterocycles. The molecule has 0 bridgehead atoms. The summed E-state index contributed by atoms with van der Waals surface area (Å²) < 4.78 is 11.2. The molecule has 1 aromatic carbocycles. The number of nitrogens with zero attached hydrogens (tertiary/aromatic N) is 1. The zero-order valence-electron chi connectivity index (χ0n) is 13.3. The van der Waals surface area contributed by atoms with Crippen LogP contribution in [0.5, 0.6) is 0 Å². The second-order valence-electron chi connectivity index (χ2n) is 6.39. The highest BCUT2D eigenvalue weighted by molar-refractivity contribution is 6.05. The number of ether oxygens (including phenoxy) is 2. The molecule has 118 valence electrons. The van der Waals surface area contributed by atoms with Crippen LogP contribution < -0.4 is 0 Å². The molecule has 1 fully saturated rings. The topological polar surface area (TPSA) is 54.6 Å². The van der Waals surface area contributed by atoms with Gasteiger partial charge in [0.1, 0.15) is 0 Å². The van der Waals surface area contributed by atoms with Crippen LogP contribution in [0, 0.1) is 0 Å². The van der Waals surface area contributed by atoms with E-state index in [0.717, 1.165) is 10.9 Å². The molecule has 1 amide bonds. The smallest absolute Gasteiger partial charge is 0.256 e. The number of hydrogen-bond donors (Lipinski definition) is 1. The van der Waals surface area contributed by atoms with Gasteiger partial charge in [-0.15, -0.1) is 0 Å². The number of benzene rings is 1. The van der Waals surface area contributed by atoms with E-state index < -0.39 is 0 Å². The first-order valence-electron chi connectivity index (χ1n) is 7.52. The van der Waals surface area contributed by atoms with Crippen molar-refractivity contribution in [3.63, 3.8) is 0 Å². The van der Waals surface area contributed by atoms with Crippen LogP contribution in [-0.4, -0.2) is 54.3 Å². The summed E-state index contributed by atoms with van der Waals surface area (Å²) in [6.07, 6.45) is 1.76. The average molecular weight is 302 g/mol. The molecule has 3 rings (SSSR count). The van der Waals surface area contributed by atoms with Gasteiger partial charge in [0.15, 0.2) is 0 Å². The number of fused-ring (bicyclic) bond motifs is 1. The Morgan fingerprint density at radius 3 is 3.05 bits per heavy atom. The van der Waals surface area contributed by atoms with Gasteiger partial charge >= 0.3 is 0 Å². The lowest BCUT2D eigenvalue weighted by atomic mass is 10.0. The van der Waals surface area contributed by atoms with E-state index in [1.165, 1.54) is 0 Å². The molecule has 0 radical (unpaired) electrons. The average Bonchev–Trinajstić information content (AvgIpc) is 2.93. The number of carbonyl (C=O) groups excluding carboxylic acids is 1. The largest absolute Gasteiger partial charge is 0.382 e. The Bertz CT molecular complexity index is 677. The van der Waals surface area contributed by atoms with Crippen molar-refractivity contribution in [2.45, 2.75) is 25.6 Å². The highest BCUT2D eigenvalue weighted by Crippen LogP contribution is 2.25. The number of H-pyrrole nitrogens is 1. The van der Waals surface area contributed by atoms with Crippen LogP contribution in [-0.2, 0) is 9.47 Å². The van der Waals surface area contributed by atoms with Gasteiger partial charge in [-0.3, -0.25) is 4.79 Å². The van der Waals surface area contributed by atoms with Crippen LogP contribution in [0.3, 0.4) is 0 Å². The predicted octanol–water partition coefficient (Wildman–Crippen LogP) is 2.43. The van der Waals surface area contributed by atoms with Gasteiger partial charge in [-0.05, 0) is 26.0 Å². The number of amides is 1. The minimum absolute atomic E-state index is 0.0329. The fourth-order valence-electron chi connectivity index (χ4n) is 3.16. The summed E-state index contributed by atoms with van der Waals surface area (Å²) in [5.74, 6) is 0.0329. The van der Waals surface area contributed by atoms with Gasteiger partial charge in [0.05, 0.1) is 29.4 Å². The first kappa shape index (κ1) is 15.1. The number of aromatic amines is 1. The third kappa shape index (κ3) is 2.87. The van der Waals surface area contributed by atoms with Gasteiger partial charge in [0, 0.05) is 31.8 Å². The van der Waals surface area contributed by atoms with Gasteiger partial charge in [-0.25, -0.2) is 0 Å². The first-order valence-corrected chi connectivity index (χ1v) is 7.52. The number of hydrogen-bond acceptors (Lipinski definition) is 3. The van der Waals surface area contributed by atoms with E-state index in [-0.39, 0.29) is 17.6 Å². The van der Waals surface area contributed by atoms with Crippen molar-refractivity contribution in [1.29, 1.82) is 0 Å². The molecule has 1 aliphatic rings. The molecule has 1 N–H and O–H groups in total. The van der Waals surface area contributed by atoms with Crippen molar-refractivity contribution in [2.24, 2.45) is 0 Å². The monoisotopic (exact) mass is 302 g/mol. The number of carbonyl (C=O) groups is 1. The minimum atomic E-state index is -0.374. The molecule has 2 aromatic rings. The number of aromatic nitrogens is 1. The van der Waals surface area contributed by atoms with Crippen molar-refractivity contribution in [1.82, 2.24) is 9.88 Å². The lowest BCUT2D eigenvalue weighted by Gasteiger charge is -2.42. The Labute approximate surface area is 130 Å². The van der Waals surface area contributed by atoms with Crippen molar-refractivity contribution in [2.75, 3.05) is 26.8 Å². The van der Waals surface area contributed by atoms with Gasteiger partial charge in [-0.1, -0.05) is 12.1 Å². The summed E-state index contributed by atoms with van der Waals surface area (Å²) in [7, 11) is 1.65. The second kappa shape index (κ2) is 5.74. The lowest BCUT2D eigenvalue weighted by molar-refractivity contribution is -0.143. The van der Waals surface area contributed by atoms with Crippen LogP contribution in [0.1, 0.15) is 24.2 Å². The number of nitrogens with one attached hydrogen (secondary N) is 1. The number of rotatable bonds is 3. The maximum Gasteiger partial charge on any atom is 0.256 e. The van der Waals surface area contributed by atoms with Crippen molar-refractivity contribution < 1.29 is 14.3 Å². The van der Waals surface area contributed by atoms with Crippen LogP contribution in [0.15, 0.2) is 30.5 Å². The zero-order valence-corrected chi connectivity index (χ0v) is 13.3. The predicted molar refractivity (Wildman–Crippen MR) is 85.0 cm³/mol. The summed E-state index contributed by atoms with van der Waals surface area (Å²) in [6, 6.07) is 7.76. The van der Waals surface area contributed by atoms with E-state index in [1.54, 1.807) is 7.11 Å². The van der Waals surface area contributed by atoms with Gasteiger partial charge in [0.25, 0.3) is 5.91 Å². The molecule has 2 heterocycles. The van der Waals surface area contributed by atoms with Crippen LogP contribution in [0.2, 0.25) is 0 Å². The van der Waals surface area contributed by atoms with E-state index >= 15 is 0 Å². The molecular formula is C17H22N2O3. The molecule has 5 heteroatoms. The lowest BCUT2D eigenvalue weighted by Crippen LogP contribution is -2.55. The van der Waals surface area contributed by atoms with Crippen molar-refractivity contribution >= 4 is 16.8 Å². The van der Waals surface area contributed by atoms with E-state index in [1.807, 2.05) is 49.2 Å². The number of para-hydroxylation sites is 1. The summed E-state index contributed by atoms with van der Waals surface area (Å²) >= 11 is 0. The number of methoxy groups -OCH3 is 1. The Kier molecular flexibility index (Phi) is 3.93. The Morgan fingerprint density at radius 1 is 1.45 bits per heavy atom. The summed E-state index contributed by atoms with van der Waals surface area (Å²) in [4.78, 5) is 18.0. The third-order valence-electron chi connectivity index (χ3n) is 3.94. The molecule has 5 nitrogen and oxygen atoms in total. The maximum absolute atomic E-state index is 13.0. The van der Waals surface area contributed by atoms with E-state index in [9.17, 15) is 4.79 Å². The maximum atomic E-state index is 13.0. The van der Waals surface area contributed by atoms with Crippen LogP contribution >= 0.6 is 0 Å². The molecular weight excluding hydrogens is 280 g/mol. The van der Waals surface area contributed by atoms with Crippen LogP contribution in [0.25, 0.3) is 10.9 Å². The molecule has 1 unspecified atom stereocenters. The summed E-state index contributed by atoms with van der Waals surface area (Å²) in [6.45, 7) is 5.62. The summed E-state index contributed by atoms with van der Waals surface area (Å²) in [5.41, 5.74) is 1.22. The van der Waals surface area contributed by atoms with Gasteiger partial charge in [0.2, 0.25) is 0 Å². The number of morpholine rings is 1. The van der Waals surface area contributed by atoms with Crippen molar-refractivity contribution in [3.8, 4) is 0 Å². The first-order chi connectivity index (χ1) is 10.5. The highest BCUT2D eigenvalue weighted by atomic mass is 16.5. The van der Waals surface area contributed by atoms with Crippen molar-refractivity contribution in [3.05, 3.63) is 36.0 Å². The third-order valence-corrected chi connectivity index (χ3v) is 3.94. The zero-order chi connectivity index (χ0) is 15.7. The Hall–Kier alpha value is -1.85. The molecule has 1 aliphatic heterocycles.